The molecule has 17 heavy (non-hydrogen) atoms. The first-order valence-corrected chi connectivity index (χ1v) is 6.43. The molecule has 0 N–H and O–H groups in total. The number of nitrogens with zero attached hydrogens (tertiary/aromatic N) is 1. The van der Waals surface area contributed by atoms with E-state index in [0.29, 0.717) is 25.6 Å². The van der Waals surface area contributed by atoms with Crippen molar-refractivity contribution in [2.45, 2.75) is 12.6 Å². The number of morpholine rings is 1. The van der Waals surface area contributed by atoms with E-state index < -0.39 is 0 Å². The van der Waals surface area contributed by atoms with Gasteiger partial charge >= 0.3 is 0 Å². The molecule has 1 fully saturated rings. The molecule has 5 heteroatoms. The Kier molecular flexibility index (Phi) is 4.62. The first kappa shape index (κ1) is 13.1. The van der Waals surface area contributed by atoms with Gasteiger partial charge in [0.25, 0.3) is 0 Å². The highest BCUT2D eigenvalue weighted by atomic mass is 35.5. The largest absolute Gasteiger partial charge is 0.378 e. The lowest BCUT2D eigenvalue weighted by Crippen LogP contribution is -2.45. The van der Waals surface area contributed by atoms with Crippen LogP contribution in [-0.2, 0) is 11.3 Å². The molecule has 0 bridgehead atoms. The zero-order chi connectivity index (χ0) is 12.3. The van der Waals surface area contributed by atoms with Gasteiger partial charge in [0.1, 0.15) is 5.82 Å². The SMILES string of the molecule is Fc1cc(CN2CCOCC2CCl)ccc1Cl. The van der Waals surface area contributed by atoms with Crippen LogP contribution in [0.5, 0.6) is 0 Å². The molecule has 0 spiro atoms. The topological polar surface area (TPSA) is 12.5 Å². The lowest BCUT2D eigenvalue weighted by atomic mass is 10.1. The van der Waals surface area contributed by atoms with Crippen molar-refractivity contribution in [2.75, 3.05) is 25.6 Å². The number of hydrogen-bond donors (Lipinski definition) is 0. The fourth-order valence-electron chi connectivity index (χ4n) is 1.91. The molecule has 1 saturated heterocycles. The van der Waals surface area contributed by atoms with E-state index in [9.17, 15) is 4.39 Å². The smallest absolute Gasteiger partial charge is 0.142 e. The number of alkyl halides is 1. The van der Waals surface area contributed by atoms with E-state index in [-0.39, 0.29) is 16.9 Å². The Bertz CT molecular complexity index is 389. The highest BCUT2D eigenvalue weighted by Crippen LogP contribution is 2.18. The molecule has 0 aromatic heterocycles. The Labute approximate surface area is 110 Å². The van der Waals surface area contributed by atoms with E-state index in [1.807, 2.05) is 6.07 Å². The number of ether oxygens (including phenoxy) is 1. The van der Waals surface area contributed by atoms with E-state index in [2.05, 4.69) is 4.90 Å². The summed E-state index contributed by atoms with van der Waals surface area (Å²) < 4.78 is 18.7. The van der Waals surface area contributed by atoms with Gasteiger partial charge in [-0.2, -0.15) is 0 Å². The molecule has 1 heterocycles. The monoisotopic (exact) mass is 277 g/mol. The van der Waals surface area contributed by atoms with Gasteiger partial charge in [0.2, 0.25) is 0 Å². The first-order valence-electron chi connectivity index (χ1n) is 5.52. The van der Waals surface area contributed by atoms with E-state index in [4.69, 9.17) is 27.9 Å². The van der Waals surface area contributed by atoms with Crippen molar-refractivity contribution in [1.29, 1.82) is 0 Å². The second-order valence-electron chi connectivity index (χ2n) is 4.10. The van der Waals surface area contributed by atoms with Crippen LogP contribution in [0.2, 0.25) is 5.02 Å². The minimum Gasteiger partial charge on any atom is -0.378 e. The maximum Gasteiger partial charge on any atom is 0.142 e. The summed E-state index contributed by atoms with van der Waals surface area (Å²) in [5, 5.41) is 0.157. The number of hydrogen-bond acceptors (Lipinski definition) is 2. The third-order valence-corrected chi connectivity index (χ3v) is 3.56. The van der Waals surface area contributed by atoms with Gasteiger partial charge in [-0.1, -0.05) is 17.7 Å². The van der Waals surface area contributed by atoms with Gasteiger partial charge in [-0.05, 0) is 17.7 Å². The van der Waals surface area contributed by atoms with Crippen molar-refractivity contribution in [2.24, 2.45) is 0 Å². The summed E-state index contributed by atoms with van der Waals surface area (Å²) in [5.41, 5.74) is 0.906. The normalized spacial score (nSPS) is 21.7. The third-order valence-electron chi connectivity index (χ3n) is 2.90. The van der Waals surface area contributed by atoms with Crippen LogP contribution in [0.25, 0.3) is 0 Å². The van der Waals surface area contributed by atoms with Gasteiger partial charge < -0.3 is 4.74 Å². The molecule has 0 amide bonds. The predicted octanol–water partition coefficient (Wildman–Crippen LogP) is 2.92. The second-order valence-corrected chi connectivity index (χ2v) is 4.82. The molecular formula is C12H14Cl2FNO. The van der Waals surface area contributed by atoms with Crippen LogP contribution in [-0.4, -0.2) is 36.6 Å². The molecule has 2 rings (SSSR count). The van der Waals surface area contributed by atoms with Crippen LogP contribution in [0.4, 0.5) is 4.39 Å². The van der Waals surface area contributed by atoms with Crippen molar-refractivity contribution in [3.05, 3.63) is 34.6 Å². The van der Waals surface area contributed by atoms with Crippen LogP contribution in [0.1, 0.15) is 5.56 Å². The van der Waals surface area contributed by atoms with Crippen molar-refractivity contribution in [1.82, 2.24) is 4.90 Å². The molecule has 0 aliphatic carbocycles. The summed E-state index contributed by atoms with van der Waals surface area (Å²) in [6.07, 6.45) is 0. The fraction of sp³-hybridized carbons (Fsp3) is 0.500. The van der Waals surface area contributed by atoms with Crippen molar-refractivity contribution in [3.8, 4) is 0 Å². The number of benzene rings is 1. The van der Waals surface area contributed by atoms with Gasteiger partial charge in [0.15, 0.2) is 0 Å². The molecule has 94 valence electrons. The predicted molar refractivity (Wildman–Crippen MR) is 67.1 cm³/mol. The molecule has 1 aromatic rings. The average molecular weight is 278 g/mol. The van der Waals surface area contributed by atoms with Crippen LogP contribution in [0, 0.1) is 5.82 Å². The Balaban J connectivity index is 2.05. The fourth-order valence-corrected chi connectivity index (χ4v) is 2.31. The van der Waals surface area contributed by atoms with Crippen LogP contribution in [0.15, 0.2) is 18.2 Å². The minimum atomic E-state index is -0.375. The third kappa shape index (κ3) is 3.32. The molecule has 1 aliphatic heterocycles. The summed E-state index contributed by atoms with van der Waals surface area (Å²) in [6.45, 7) is 2.83. The Hall–Kier alpha value is -0.350. The molecule has 1 aromatic carbocycles. The second kappa shape index (κ2) is 6.01. The van der Waals surface area contributed by atoms with Crippen LogP contribution < -0.4 is 0 Å². The van der Waals surface area contributed by atoms with E-state index in [0.717, 1.165) is 12.1 Å². The molecule has 1 aliphatic rings. The molecule has 1 unspecified atom stereocenters. The van der Waals surface area contributed by atoms with E-state index >= 15 is 0 Å². The highest BCUT2D eigenvalue weighted by molar-refractivity contribution is 6.30. The summed E-state index contributed by atoms with van der Waals surface area (Å²) in [4.78, 5) is 2.21. The summed E-state index contributed by atoms with van der Waals surface area (Å²) in [7, 11) is 0. The van der Waals surface area contributed by atoms with Gasteiger partial charge in [-0.15, -0.1) is 11.6 Å². The highest BCUT2D eigenvalue weighted by Gasteiger charge is 2.22. The summed E-state index contributed by atoms with van der Waals surface area (Å²) >= 11 is 11.5. The van der Waals surface area contributed by atoms with Gasteiger partial charge in [-0.25, -0.2) is 4.39 Å². The summed E-state index contributed by atoms with van der Waals surface area (Å²) in [6, 6.07) is 5.10. The van der Waals surface area contributed by atoms with Gasteiger partial charge in [-0.3, -0.25) is 4.90 Å². The summed E-state index contributed by atoms with van der Waals surface area (Å²) in [5.74, 6) is 0.149. The molecule has 1 atom stereocenters. The quantitative estimate of drug-likeness (QED) is 0.788. The van der Waals surface area contributed by atoms with Crippen molar-refractivity contribution < 1.29 is 9.13 Å². The van der Waals surface area contributed by atoms with Gasteiger partial charge in [0.05, 0.1) is 18.2 Å². The Morgan fingerprint density at radius 3 is 3.00 bits per heavy atom. The van der Waals surface area contributed by atoms with Gasteiger partial charge in [0, 0.05) is 25.0 Å². The van der Waals surface area contributed by atoms with E-state index in [1.165, 1.54) is 6.07 Å². The standard InChI is InChI=1S/C12H14Cl2FNO/c13-6-10-8-17-4-3-16(10)7-9-1-2-11(14)12(15)5-9/h1-2,5,10H,3-4,6-8H2. The maximum absolute atomic E-state index is 13.3. The molecular weight excluding hydrogens is 264 g/mol. The first-order chi connectivity index (χ1) is 8.20. The maximum atomic E-state index is 13.3. The van der Waals surface area contributed by atoms with Crippen LogP contribution >= 0.6 is 23.2 Å². The van der Waals surface area contributed by atoms with Crippen LogP contribution in [0.3, 0.4) is 0 Å². The molecule has 0 radical (unpaired) electrons. The average Bonchev–Trinajstić information content (AvgIpc) is 2.34. The minimum absolute atomic E-state index is 0.157. The molecule has 0 saturated carbocycles. The lowest BCUT2D eigenvalue weighted by Gasteiger charge is -2.34. The zero-order valence-electron chi connectivity index (χ0n) is 9.33. The lowest BCUT2D eigenvalue weighted by molar-refractivity contribution is -0.00307. The number of halogens is 3. The zero-order valence-corrected chi connectivity index (χ0v) is 10.8. The van der Waals surface area contributed by atoms with E-state index in [1.54, 1.807) is 6.07 Å². The number of rotatable bonds is 3. The Morgan fingerprint density at radius 1 is 1.47 bits per heavy atom. The van der Waals surface area contributed by atoms with Crippen molar-refractivity contribution in [3.63, 3.8) is 0 Å². The van der Waals surface area contributed by atoms with Crippen molar-refractivity contribution >= 4 is 23.2 Å². The Morgan fingerprint density at radius 2 is 2.29 bits per heavy atom. The molecule has 2 nitrogen and oxygen atoms in total.